The lowest BCUT2D eigenvalue weighted by Crippen LogP contribution is -2.37. The van der Waals surface area contributed by atoms with Gasteiger partial charge in [-0.25, -0.2) is 0 Å². The summed E-state index contributed by atoms with van der Waals surface area (Å²) in [6.45, 7) is 3.61. The summed E-state index contributed by atoms with van der Waals surface area (Å²) in [4.78, 5) is 14.6. The highest BCUT2D eigenvalue weighted by molar-refractivity contribution is 6.01. The Bertz CT molecular complexity index is 897. The maximum Gasteiger partial charge on any atom is 0.387 e. The average molecular weight is 446 g/mol. The third kappa shape index (κ3) is 7.62. The van der Waals surface area contributed by atoms with Gasteiger partial charge in [-0.2, -0.15) is 8.78 Å². The van der Waals surface area contributed by atoms with Crippen molar-refractivity contribution in [3.63, 3.8) is 0 Å². The van der Waals surface area contributed by atoms with Gasteiger partial charge < -0.3 is 19.5 Å². The molecule has 172 valence electrons. The van der Waals surface area contributed by atoms with Crippen LogP contribution in [0.3, 0.4) is 0 Å². The van der Waals surface area contributed by atoms with E-state index in [0.29, 0.717) is 17.9 Å². The molecule has 0 spiro atoms. The molecule has 0 bridgehead atoms. The van der Waals surface area contributed by atoms with E-state index in [1.807, 2.05) is 24.3 Å². The molecule has 32 heavy (non-hydrogen) atoms. The van der Waals surface area contributed by atoms with Gasteiger partial charge >= 0.3 is 6.61 Å². The van der Waals surface area contributed by atoms with Gasteiger partial charge in [0.1, 0.15) is 0 Å². The van der Waals surface area contributed by atoms with E-state index in [1.54, 1.807) is 25.1 Å². The van der Waals surface area contributed by atoms with Crippen molar-refractivity contribution >= 4 is 17.7 Å². The van der Waals surface area contributed by atoms with E-state index in [4.69, 9.17) is 9.47 Å². The van der Waals surface area contributed by atoms with Crippen LogP contribution in [-0.2, 0) is 16.0 Å². The molecule has 1 amide bonds. The highest BCUT2D eigenvalue weighted by atomic mass is 19.3. The molecule has 1 heterocycles. The van der Waals surface area contributed by atoms with E-state index in [-0.39, 0.29) is 17.4 Å². The Morgan fingerprint density at radius 2 is 1.91 bits per heavy atom. The highest BCUT2D eigenvalue weighted by Crippen LogP contribution is 2.30. The van der Waals surface area contributed by atoms with Gasteiger partial charge in [0.15, 0.2) is 11.5 Å². The van der Waals surface area contributed by atoms with Gasteiger partial charge in [-0.1, -0.05) is 18.2 Å². The van der Waals surface area contributed by atoms with Crippen LogP contribution in [0.1, 0.15) is 18.1 Å². The van der Waals surface area contributed by atoms with Crippen molar-refractivity contribution < 1.29 is 27.8 Å². The number of ether oxygens (including phenoxy) is 3. The fourth-order valence-electron chi connectivity index (χ4n) is 3.31. The zero-order chi connectivity index (χ0) is 22.8. The fraction of sp³-hybridized carbons (Fsp3) is 0.375. The van der Waals surface area contributed by atoms with Crippen molar-refractivity contribution in [2.75, 3.05) is 44.8 Å². The van der Waals surface area contributed by atoms with E-state index in [1.165, 1.54) is 17.7 Å². The molecule has 2 aromatic carbocycles. The minimum absolute atomic E-state index is 0.0443. The molecule has 2 aromatic rings. The molecule has 0 aromatic heterocycles. The van der Waals surface area contributed by atoms with E-state index >= 15 is 0 Å². The molecule has 3 rings (SSSR count). The molecule has 1 fully saturated rings. The second-order valence-corrected chi connectivity index (χ2v) is 7.24. The van der Waals surface area contributed by atoms with Gasteiger partial charge in [-0.05, 0) is 54.8 Å². The summed E-state index contributed by atoms with van der Waals surface area (Å²) in [5, 5.41) is 2.81. The first kappa shape index (κ1) is 23.7. The maximum atomic E-state index is 12.5. The second-order valence-electron chi connectivity index (χ2n) is 7.24. The first-order valence-electron chi connectivity index (χ1n) is 10.6. The van der Waals surface area contributed by atoms with Crippen LogP contribution >= 0.6 is 0 Å². The van der Waals surface area contributed by atoms with Crippen molar-refractivity contribution in [1.29, 1.82) is 0 Å². The van der Waals surface area contributed by atoms with Crippen LogP contribution in [0.5, 0.6) is 11.5 Å². The number of anilines is 1. The van der Waals surface area contributed by atoms with Crippen LogP contribution in [-0.4, -0.2) is 56.9 Å². The zero-order valence-corrected chi connectivity index (χ0v) is 18.1. The van der Waals surface area contributed by atoms with Crippen molar-refractivity contribution in [3.8, 4) is 11.5 Å². The predicted molar refractivity (Wildman–Crippen MR) is 119 cm³/mol. The van der Waals surface area contributed by atoms with Crippen molar-refractivity contribution in [2.24, 2.45) is 0 Å². The van der Waals surface area contributed by atoms with Crippen LogP contribution in [0.4, 0.5) is 14.5 Å². The number of nitrogens with zero attached hydrogens (tertiary/aromatic N) is 1. The Hall–Kier alpha value is -2.97. The Morgan fingerprint density at radius 3 is 2.59 bits per heavy atom. The minimum Gasteiger partial charge on any atom is -0.490 e. The molecule has 0 saturated carbocycles. The third-order valence-corrected chi connectivity index (χ3v) is 4.95. The molecule has 0 radical (unpaired) electrons. The van der Waals surface area contributed by atoms with E-state index in [9.17, 15) is 13.6 Å². The number of halogens is 2. The van der Waals surface area contributed by atoms with E-state index in [2.05, 4.69) is 15.0 Å². The number of alkyl halides is 2. The van der Waals surface area contributed by atoms with Crippen LogP contribution < -0.4 is 14.8 Å². The second kappa shape index (κ2) is 12.2. The highest BCUT2D eigenvalue weighted by Gasteiger charge is 2.12. The number of hydrogen-bond acceptors (Lipinski definition) is 5. The quantitative estimate of drug-likeness (QED) is 0.554. The standard InChI is InChI=1S/C24H28F2N2O4/c1-2-31-22-17-19(5-9-21(22)32-24(25)26)6-10-23(29)27-20-7-3-18(4-8-20)11-12-28-13-15-30-16-14-28/h3-10,17,24H,2,11-16H2,1H3,(H,27,29). The Morgan fingerprint density at radius 1 is 1.16 bits per heavy atom. The summed E-state index contributed by atoms with van der Waals surface area (Å²) in [6, 6.07) is 12.3. The molecule has 0 atom stereocenters. The third-order valence-electron chi connectivity index (χ3n) is 4.95. The summed E-state index contributed by atoms with van der Waals surface area (Å²) < 4.78 is 40.2. The van der Waals surface area contributed by atoms with Crippen LogP contribution in [0.25, 0.3) is 6.08 Å². The SMILES string of the molecule is CCOc1cc(C=CC(=O)Nc2ccc(CCN3CCOCC3)cc2)ccc1OC(F)F. The van der Waals surface area contributed by atoms with Crippen molar-refractivity contribution in [1.82, 2.24) is 4.90 Å². The number of nitrogens with one attached hydrogen (secondary N) is 1. The largest absolute Gasteiger partial charge is 0.490 e. The molecular weight excluding hydrogens is 418 g/mol. The van der Waals surface area contributed by atoms with E-state index < -0.39 is 6.61 Å². The molecule has 8 heteroatoms. The number of hydrogen-bond donors (Lipinski definition) is 1. The number of carbonyl (C=O) groups is 1. The fourth-order valence-corrected chi connectivity index (χ4v) is 3.31. The number of carbonyl (C=O) groups excluding carboxylic acids is 1. The van der Waals surface area contributed by atoms with Crippen molar-refractivity contribution in [2.45, 2.75) is 20.0 Å². The number of amides is 1. The zero-order valence-electron chi connectivity index (χ0n) is 18.1. The molecule has 1 N–H and O–H groups in total. The van der Waals surface area contributed by atoms with Gasteiger partial charge in [-0.15, -0.1) is 0 Å². The summed E-state index contributed by atoms with van der Waals surface area (Å²) in [5.74, 6) is -0.142. The van der Waals surface area contributed by atoms with Crippen LogP contribution in [0, 0.1) is 0 Å². The van der Waals surface area contributed by atoms with Gasteiger partial charge in [0.25, 0.3) is 0 Å². The first-order valence-corrected chi connectivity index (χ1v) is 10.6. The van der Waals surface area contributed by atoms with Gasteiger partial charge in [0.2, 0.25) is 5.91 Å². The average Bonchev–Trinajstić information content (AvgIpc) is 2.79. The lowest BCUT2D eigenvalue weighted by molar-refractivity contribution is -0.111. The van der Waals surface area contributed by atoms with Gasteiger partial charge in [0.05, 0.1) is 19.8 Å². The Kier molecular flexibility index (Phi) is 9.01. The topological polar surface area (TPSA) is 60.0 Å². The summed E-state index contributed by atoms with van der Waals surface area (Å²) in [5.41, 5.74) is 2.54. The number of benzene rings is 2. The van der Waals surface area contributed by atoms with Crippen molar-refractivity contribution in [3.05, 3.63) is 59.7 Å². The van der Waals surface area contributed by atoms with Gasteiger partial charge in [-0.3, -0.25) is 9.69 Å². The van der Waals surface area contributed by atoms with E-state index in [0.717, 1.165) is 39.3 Å². The van der Waals surface area contributed by atoms with Crippen LogP contribution in [0.2, 0.25) is 0 Å². The van der Waals surface area contributed by atoms with Gasteiger partial charge in [0, 0.05) is 31.4 Å². The maximum absolute atomic E-state index is 12.5. The molecule has 1 saturated heterocycles. The lowest BCUT2D eigenvalue weighted by Gasteiger charge is -2.26. The molecular formula is C24H28F2N2O4. The minimum atomic E-state index is -2.94. The normalized spacial score (nSPS) is 14.6. The monoisotopic (exact) mass is 446 g/mol. The molecule has 1 aliphatic rings. The van der Waals surface area contributed by atoms with Crippen LogP contribution in [0.15, 0.2) is 48.5 Å². The summed E-state index contributed by atoms with van der Waals surface area (Å²) in [6.07, 6.45) is 3.91. The number of rotatable bonds is 10. The Balaban J connectivity index is 1.52. The number of morpholine rings is 1. The predicted octanol–water partition coefficient (Wildman–Crippen LogP) is 4.21. The summed E-state index contributed by atoms with van der Waals surface area (Å²) in [7, 11) is 0. The smallest absolute Gasteiger partial charge is 0.387 e. The first-order chi connectivity index (χ1) is 15.5. The molecule has 0 aliphatic carbocycles. The molecule has 0 unspecified atom stereocenters. The summed E-state index contributed by atoms with van der Waals surface area (Å²) >= 11 is 0. The lowest BCUT2D eigenvalue weighted by atomic mass is 10.1. The molecule has 6 nitrogen and oxygen atoms in total. The molecule has 1 aliphatic heterocycles. The Labute approximate surface area is 186 Å².